The normalized spacial score (nSPS) is 13.6. The highest BCUT2D eigenvalue weighted by Crippen LogP contribution is 2.30. The Morgan fingerprint density at radius 3 is 2.89 bits per heavy atom. The van der Waals surface area contributed by atoms with Gasteiger partial charge in [0.25, 0.3) is 0 Å². The minimum Gasteiger partial charge on any atom is -0.383 e. The van der Waals surface area contributed by atoms with Crippen LogP contribution in [0.2, 0.25) is 0 Å². The van der Waals surface area contributed by atoms with Crippen molar-refractivity contribution in [1.82, 2.24) is 9.78 Å². The van der Waals surface area contributed by atoms with Crippen molar-refractivity contribution < 1.29 is 4.79 Å². The molecule has 1 aromatic heterocycles. The SMILES string of the molecule is Cn1nc(-c2ccc3c(c2)CCC3)c(C=O)c1N. The smallest absolute Gasteiger partial charge is 0.156 e. The maximum Gasteiger partial charge on any atom is 0.156 e. The molecule has 0 saturated heterocycles. The van der Waals surface area contributed by atoms with Crippen molar-refractivity contribution in [3.05, 3.63) is 34.9 Å². The number of aryl methyl sites for hydroxylation is 3. The van der Waals surface area contributed by atoms with Crippen molar-refractivity contribution in [2.24, 2.45) is 7.05 Å². The molecular formula is C14H15N3O. The zero-order chi connectivity index (χ0) is 12.7. The van der Waals surface area contributed by atoms with Crippen LogP contribution in [0.1, 0.15) is 27.9 Å². The molecule has 3 rings (SSSR count). The number of anilines is 1. The number of nitrogens with zero attached hydrogens (tertiary/aromatic N) is 2. The summed E-state index contributed by atoms with van der Waals surface area (Å²) in [5.74, 6) is 0.417. The summed E-state index contributed by atoms with van der Waals surface area (Å²) >= 11 is 0. The fraction of sp³-hybridized carbons (Fsp3) is 0.286. The lowest BCUT2D eigenvalue weighted by Gasteiger charge is -2.03. The van der Waals surface area contributed by atoms with Gasteiger partial charge in [0, 0.05) is 12.6 Å². The molecular weight excluding hydrogens is 226 g/mol. The number of aldehydes is 1. The van der Waals surface area contributed by atoms with E-state index in [4.69, 9.17) is 5.73 Å². The predicted molar refractivity (Wildman–Crippen MR) is 70.5 cm³/mol. The van der Waals surface area contributed by atoms with E-state index in [9.17, 15) is 4.79 Å². The van der Waals surface area contributed by atoms with Crippen LogP contribution in [0.4, 0.5) is 5.82 Å². The van der Waals surface area contributed by atoms with Gasteiger partial charge in [0.05, 0.1) is 5.56 Å². The van der Waals surface area contributed by atoms with Crippen LogP contribution in [0, 0.1) is 0 Å². The number of aromatic nitrogens is 2. The summed E-state index contributed by atoms with van der Waals surface area (Å²) in [6.45, 7) is 0. The maximum absolute atomic E-state index is 11.1. The molecule has 0 fully saturated rings. The Bertz CT molecular complexity index is 628. The molecule has 0 amide bonds. The lowest BCUT2D eigenvalue weighted by Crippen LogP contribution is -1.98. The average molecular weight is 241 g/mol. The predicted octanol–water partition coefficient (Wildman–Crippen LogP) is 1.97. The lowest BCUT2D eigenvalue weighted by atomic mass is 10.0. The van der Waals surface area contributed by atoms with E-state index in [-0.39, 0.29) is 0 Å². The van der Waals surface area contributed by atoms with E-state index in [1.807, 2.05) is 6.07 Å². The van der Waals surface area contributed by atoms with Gasteiger partial charge < -0.3 is 5.73 Å². The zero-order valence-electron chi connectivity index (χ0n) is 10.3. The number of carbonyl (C=O) groups excluding carboxylic acids is 1. The molecule has 1 aliphatic carbocycles. The van der Waals surface area contributed by atoms with E-state index in [0.29, 0.717) is 17.1 Å². The van der Waals surface area contributed by atoms with Gasteiger partial charge in [-0.1, -0.05) is 12.1 Å². The quantitative estimate of drug-likeness (QED) is 0.818. The Hall–Kier alpha value is -2.10. The average Bonchev–Trinajstić information content (AvgIpc) is 2.94. The van der Waals surface area contributed by atoms with Gasteiger partial charge in [-0.15, -0.1) is 0 Å². The van der Waals surface area contributed by atoms with Crippen LogP contribution in [0.15, 0.2) is 18.2 Å². The molecule has 2 N–H and O–H groups in total. The molecule has 2 aromatic rings. The van der Waals surface area contributed by atoms with Gasteiger partial charge in [-0.05, 0) is 36.5 Å². The van der Waals surface area contributed by atoms with Crippen LogP contribution < -0.4 is 5.73 Å². The Balaban J connectivity index is 2.15. The Labute approximate surface area is 105 Å². The molecule has 0 saturated carbocycles. The minimum absolute atomic E-state index is 0.417. The van der Waals surface area contributed by atoms with E-state index in [2.05, 4.69) is 17.2 Å². The van der Waals surface area contributed by atoms with E-state index in [0.717, 1.165) is 24.7 Å². The molecule has 1 aromatic carbocycles. The maximum atomic E-state index is 11.1. The van der Waals surface area contributed by atoms with Crippen molar-refractivity contribution in [2.45, 2.75) is 19.3 Å². The first-order chi connectivity index (χ1) is 8.70. The van der Waals surface area contributed by atoms with Crippen molar-refractivity contribution in [1.29, 1.82) is 0 Å². The first-order valence-electron chi connectivity index (χ1n) is 6.10. The summed E-state index contributed by atoms with van der Waals surface area (Å²) in [5.41, 5.74) is 10.8. The molecule has 0 atom stereocenters. The number of benzene rings is 1. The van der Waals surface area contributed by atoms with Crippen molar-refractivity contribution >= 4 is 12.1 Å². The van der Waals surface area contributed by atoms with E-state index in [1.54, 1.807) is 11.7 Å². The lowest BCUT2D eigenvalue weighted by molar-refractivity contribution is 0.112. The molecule has 1 aliphatic rings. The van der Waals surface area contributed by atoms with Crippen molar-refractivity contribution in [3.63, 3.8) is 0 Å². The zero-order valence-corrected chi connectivity index (χ0v) is 10.3. The first kappa shape index (κ1) is 11.0. The minimum atomic E-state index is 0.417. The first-order valence-corrected chi connectivity index (χ1v) is 6.10. The van der Waals surface area contributed by atoms with Crippen molar-refractivity contribution in [2.75, 3.05) is 5.73 Å². The summed E-state index contributed by atoms with van der Waals surface area (Å²) in [6, 6.07) is 6.30. The van der Waals surface area contributed by atoms with Gasteiger partial charge >= 0.3 is 0 Å². The largest absolute Gasteiger partial charge is 0.383 e. The molecule has 0 spiro atoms. The standard InChI is InChI=1S/C14H15N3O/c1-17-14(15)12(8-18)13(16-17)11-6-5-9-3-2-4-10(9)7-11/h5-8H,2-4,15H2,1H3. The molecule has 18 heavy (non-hydrogen) atoms. The van der Waals surface area contributed by atoms with Gasteiger partial charge in [-0.25, -0.2) is 0 Å². The van der Waals surface area contributed by atoms with Gasteiger partial charge in [0.2, 0.25) is 0 Å². The third-order valence-corrected chi connectivity index (χ3v) is 3.62. The molecule has 4 heteroatoms. The van der Waals surface area contributed by atoms with Crippen LogP contribution in [0.25, 0.3) is 11.3 Å². The highest BCUT2D eigenvalue weighted by Gasteiger charge is 2.17. The number of nitrogens with two attached hydrogens (primary N) is 1. The Morgan fingerprint density at radius 1 is 1.33 bits per heavy atom. The Morgan fingerprint density at radius 2 is 2.11 bits per heavy atom. The van der Waals surface area contributed by atoms with Gasteiger partial charge in [0.15, 0.2) is 6.29 Å². The Kier molecular flexibility index (Phi) is 2.44. The van der Waals surface area contributed by atoms with E-state index >= 15 is 0 Å². The highest BCUT2D eigenvalue weighted by molar-refractivity contribution is 5.91. The number of hydrogen-bond acceptors (Lipinski definition) is 3. The van der Waals surface area contributed by atoms with E-state index < -0.39 is 0 Å². The van der Waals surface area contributed by atoms with Crippen molar-refractivity contribution in [3.8, 4) is 11.3 Å². The third kappa shape index (κ3) is 1.53. The van der Waals surface area contributed by atoms with Crippen LogP contribution in [0.5, 0.6) is 0 Å². The third-order valence-electron chi connectivity index (χ3n) is 3.62. The van der Waals surface area contributed by atoms with Crippen LogP contribution in [-0.2, 0) is 19.9 Å². The number of carbonyl (C=O) groups is 1. The highest BCUT2D eigenvalue weighted by atomic mass is 16.1. The van der Waals surface area contributed by atoms with Crippen LogP contribution in [0.3, 0.4) is 0 Å². The molecule has 0 unspecified atom stereocenters. The summed E-state index contributed by atoms with van der Waals surface area (Å²) < 4.78 is 1.55. The molecule has 0 radical (unpaired) electrons. The number of fused-ring (bicyclic) bond motifs is 1. The van der Waals surface area contributed by atoms with Gasteiger partial charge in [0.1, 0.15) is 11.5 Å². The van der Waals surface area contributed by atoms with E-state index in [1.165, 1.54) is 17.5 Å². The van der Waals surface area contributed by atoms with Crippen LogP contribution >= 0.6 is 0 Å². The second-order valence-electron chi connectivity index (χ2n) is 4.73. The summed E-state index contributed by atoms with van der Waals surface area (Å²) in [7, 11) is 1.75. The number of hydrogen-bond donors (Lipinski definition) is 1. The fourth-order valence-corrected chi connectivity index (χ4v) is 2.60. The molecule has 1 heterocycles. The molecule has 0 aliphatic heterocycles. The van der Waals surface area contributed by atoms with Crippen LogP contribution in [-0.4, -0.2) is 16.1 Å². The van der Waals surface area contributed by atoms with Gasteiger partial charge in [-0.3, -0.25) is 9.48 Å². The summed E-state index contributed by atoms with van der Waals surface area (Å²) in [5, 5.41) is 4.34. The summed E-state index contributed by atoms with van der Waals surface area (Å²) in [6.07, 6.45) is 4.26. The summed E-state index contributed by atoms with van der Waals surface area (Å²) in [4.78, 5) is 11.1. The topological polar surface area (TPSA) is 60.9 Å². The molecule has 4 nitrogen and oxygen atoms in total. The second kappa shape index (κ2) is 3.98. The van der Waals surface area contributed by atoms with Gasteiger partial charge in [-0.2, -0.15) is 5.10 Å². The second-order valence-corrected chi connectivity index (χ2v) is 4.73. The molecule has 0 bridgehead atoms. The monoisotopic (exact) mass is 241 g/mol. The molecule has 92 valence electrons. The number of nitrogen functional groups attached to an aromatic ring is 1. The fourth-order valence-electron chi connectivity index (χ4n) is 2.60. The number of rotatable bonds is 2.